The van der Waals surface area contributed by atoms with Crippen LogP contribution in [0, 0.1) is 0 Å². The van der Waals surface area contributed by atoms with E-state index in [1.54, 1.807) is 54.6 Å². The highest BCUT2D eigenvalue weighted by Gasteiger charge is 2.26. The molecular formula is C25H25ClO4S. The van der Waals surface area contributed by atoms with Crippen LogP contribution in [0.5, 0.6) is 5.75 Å². The number of sulfone groups is 1. The van der Waals surface area contributed by atoms with E-state index in [1.807, 2.05) is 12.1 Å². The Bertz CT molecular complexity index is 1190. The maximum absolute atomic E-state index is 13.2. The number of halogens is 1. The van der Waals surface area contributed by atoms with Crippen LogP contribution in [0.3, 0.4) is 0 Å². The van der Waals surface area contributed by atoms with Gasteiger partial charge in [0.25, 0.3) is 0 Å². The van der Waals surface area contributed by atoms with E-state index < -0.39 is 9.84 Å². The molecule has 0 aliphatic carbocycles. The Hall–Kier alpha value is -2.63. The molecule has 0 unspecified atom stereocenters. The maximum atomic E-state index is 13.2. The lowest BCUT2D eigenvalue weighted by Gasteiger charge is -2.19. The van der Waals surface area contributed by atoms with Crippen LogP contribution in [0.1, 0.15) is 47.8 Å². The topological polar surface area (TPSA) is 60.4 Å². The van der Waals surface area contributed by atoms with E-state index in [0.717, 1.165) is 5.56 Å². The Labute approximate surface area is 188 Å². The predicted octanol–water partition coefficient (Wildman–Crippen LogP) is 5.85. The van der Waals surface area contributed by atoms with Gasteiger partial charge in [-0.2, -0.15) is 0 Å². The number of carbonyl (C=O) groups is 1. The Balaban J connectivity index is 2.06. The molecule has 3 rings (SSSR count). The van der Waals surface area contributed by atoms with Gasteiger partial charge in [-0.25, -0.2) is 8.42 Å². The molecule has 0 radical (unpaired) electrons. The van der Waals surface area contributed by atoms with E-state index in [2.05, 4.69) is 20.8 Å². The molecule has 0 saturated heterocycles. The van der Waals surface area contributed by atoms with Crippen molar-refractivity contribution >= 4 is 27.2 Å². The van der Waals surface area contributed by atoms with Crippen LogP contribution >= 0.6 is 11.6 Å². The molecule has 4 nitrogen and oxygen atoms in total. The van der Waals surface area contributed by atoms with Crippen molar-refractivity contribution < 1.29 is 17.9 Å². The minimum atomic E-state index is -3.70. The summed E-state index contributed by atoms with van der Waals surface area (Å²) >= 11 is 6.25. The third kappa shape index (κ3) is 5.00. The number of hydrogen-bond acceptors (Lipinski definition) is 4. The molecule has 3 aromatic rings. The van der Waals surface area contributed by atoms with Gasteiger partial charge in [0.15, 0.2) is 15.6 Å². The number of ketones is 1. The average Bonchev–Trinajstić information content (AvgIpc) is 2.74. The summed E-state index contributed by atoms with van der Waals surface area (Å²) in [6, 6.07) is 18.6. The monoisotopic (exact) mass is 456 g/mol. The fraction of sp³-hybridized carbons (Fsp3) is 0.240. The quantitative estimate of drug-likeness (QED) is 0.436. The zero-order chi connectivity index (χ0) is 22.8. The van der Waals surface area contributed by atoms with Gasteiger partial charge >= 0.3 is 0 Å². The summed E-state index contributed by atoms with van der Waals surface area (Å²) in [7, 11) is -2.29. The number of methoxy groups -OCH3 is 1. The summed E-state index contributed by atoms with van der Waals surface area (Å²) in [5.74, 6) is -0.511. The third-order valence-corrected chi connectivity index (χ3v) is 7.07. The lowest BCUT2D eigenvalue weighted by Crippen LogP contribution is -2.14. The van der Waals surface area contributed by atoms with Crippen molar-refractivity contribution in [1.82, 2.24) is 0 Å². The first-order valence-electron chi connectivity index (χ1n) is 9.83. The molecule has 0 aliphatic heterocycles. The van der Waals surface area contributed by atoms with Gasteiger partial charge in [0.1, 0.15) is 5.75 Å². The fourth-order valence-electron chi connectivity index (χ4n) is 3.35. The van der Waals surface area contributed by atoms with Crippen LogP contribution in [-0.2, 0) is 21.0 Å². The van der Waals surface area contributed by atoms with E-state index in [4.69, 9.17) is 16.3 Å². The molecule has 0 aliphatic rings. The van der Waals surface area contributed by atoms with E-state index in [-0.39, 0.29) is 38.2 Å². The molecule has 0 heterocycles. The molecule has 0 amide bonds. The minimum absolute atomic E-state index is 0.0822. The Morgan fingerprint density at radius 1 is 0.935 bits per heavy atom. The Kier molecular flexibility index (Phi) is 6.58. The van der Waals surface area contributed by atoms with E-state index in [0.29, 0.717) is 11.1 Å². The molecule has 162 valence electrons. The molecule has 0 atom stereocenters. The molecule has 0 bridgehead atoms. The number of hydrogen-bond donors (Lipinski definition) is 0. The second kappa shape index (κ2) is 8.85. The fourth-order valence-corrected chi connectivity index (χ4v) is 4.95. The second-order valence-corrected chi connectivity index (χ2v) is 10.7. The smallest absolute Gasteiger partial charge is 0.197 e. The van der Waals surface area contributed by atoms with Gasteiger partial charge in [-0.1, -0.05) is 80.9 Å². The van der Waals surface area contributed by atoms with Crippen LogP contribution in [0.25, 0.3) is 0 Å². The molecule has 31 heavy (non-hydrogen) atoms. The van der Waals surface area contributed by atoms with Gasteiger partial charge in [-0.15, -0.1) is 0 Å². The normalized spacial score (nSPS) is 11.9. The van der Waals surface area contributed by atoms with Crippen molar-refractivity contribution in [3.63, 3.8) is 0 Å². The average molecular weight is 457 g/mol. The SMILES string of the molecule is COc1c(Cl)ccc(CS(=O)(=O)c2ccc(C(C)(C)C)cc2)c1C(=O)c1ccccc1. The van der Waals surface area contributed by atoms with Crippen molar-refractivity contribution in [3.8, 4) is 5.75 Å². The van der Waals surface area contributed by atoms with Crippen molar-refractivity contribution in [2.75, 3.05) is 7.11 Å². The second-order valence-electron chi connectivity index (χ2n) is 8.34. The van der Waals surface area contributed by atoms with Crippen LogP contribution < -0.4 is 4.74 Å². The highest BCUT2D eigenvalue weighted by atomic mass is 35.5. The summed E-state index contributed by atoms with van der Waals surface area (Å²) in [6.07, 6.45) is 0. The van der Waals surface area contributed by atoms with E-state index in [9.17, 15) is 13.2 Å². The summed E-state index contributed by atoms with van der Waals surface area (Å²) in [6.45, 7) is 6.20. The molecule has 0 aromatic heterocycles. The van der Waals surface area contributed by atoms with Gasteiger partial charge in [-0.3, -0.25) is 4.79 Å². The minimum Gasteiger partial charge on any atom is -0.494 e. The first kappa shape index (κ1) is 23.0. The van der Waals surface area contributed by atoms with Crippen LogP contribution in [0.4, 0.5) is 0 Å². The standard InChI is InChI=1S/C25H25ClO4S/c1-25(2,3)19-11-13-20(14-12-19)31(28,29)16-18-10-15-21(26)24(30-4)22(18)23(27)17-8-6-5-7-9-17/h5-15H,16H2,1-4H3. The summed E-state index contributed by atoms with van der Waals surface area (Å²) in [5.41, 5.74) is 1.89. The highest BCUT2D eigenvalue weighted by Crippen LogP contribution is 2.35. The van der Waals surface area contributed by atoms with Gasteiger partial charge in [-0.05, 0) is 34.7 Å². The van der Waals surface area contributed by atoms with Gasteiger partial charge in [0.05, 0.1) is 28.3 Å². The molecule has 0 spiro atoms. The molecule has 0 fully saturated rings. The number of rotatable bonds is 6. The maximum Gasteiger partial charge on any atom is 0.197 e. The first-order chi connectivity index (χ1) is 14.5. The van der Waals surface area contributed by atoms with Crippen molar-refractivity contribution in [2.24, 2.45) is 0 Å². The van der Waals surface area contributed by atoms with Crippen LogP contribution in [0.15, 0.2) is 71.6 Å². The van der Waals surface area contributed by atoms with Crippen molar-refractivity contribution in [3.05, 3.63) is 94.0 Å². The molecule has 0 saturated carbocycles. The summed E-state index contributed by atoms with van der Waals surface area (Å²) in [5, 5.41) is 0.248. The predicted molar refractivity (Wildman–Crippen MR) is 124 cm³/mol. The number of benzene rings is 3. The van der Waals surface area contributed by atoms with Crippen LogP contribution in [0.2, 0.25) is 5.02 Å². The van der Waals surface area contributed by atoms with Gasteiger partial charge < -0.3 is 4.74 Å². The summed E-state index contributed by atoms with van der Waals surface area (Å²) < 4.78 is 31.7. The molecular weight excluding hydrogens is 432 g/mol. The largest absolute Gasteiger partial charge is 0.494 e. The lowest BCUT2D eigenvalue weighted by atomic mass is 9.87. The molecule has 6 heteroatoms. The Morgan fingerprint density at radius 2 is 1.55 bits per heavy atom. The van der Waals surface area contributed by atoms with Crippen molar-refractivity contribution in [2.45, 2.75) is 36.8 Å². The van der Waals surface area contributed by atoms with Gasteiger partial charge in [0, 0.05) is 5.56 Å². The third-order valence-electron chi connectivity index (χ3n) is 5.09. The Morgan fingerprint density at radius 3 is 2.10 bits per heavy atom. The number of carbonyl (C=O) groups excluding carboxylic acids is 1. The zero-order valence-corrected chi connectivity index (χ0v) is 19.5. The van der Waals surface area contributed by atoms with E-state index >= 15 is 0 Å². The zero-order valence-electron chi connectivity index (χ0n) is 18.0. The van der Waals surface area contributed by atoms with Gasteiger partial charge in [0.2, 0.25) is 0 Å². The molecule has 3 aromatic carbocycles. The lowest BCUT2D eigenvalue weighted by molar-refractivity contribution is 0.103. The number of ether oxygens (including phenoxy) is 1. The van der Waals surface area contributed by atoms with E-state index in [1.165, 1.54) is 7.11 Å². The van der Waals surface area contributed by atoms with Crippen LogP contribution in [-0.4, -0.2) is 21.3 Å². The van der Waals surface area contributed by atoms with Crippen molar-refractivity contribution in [1.29, 1.82) is 0 Å². The molecule has 0 N–H and O–H groups in total. The summed E-state index contributed by atoms with van der Waals surface area (Å²) in [4.78, 5) is 13.4. The first-order valence-corrected chi connectivity index (χ1v) is 11.9. The highest BCUT2D eigenvalue weighted by molar-refractivity contribution is 7.90.